The summed E-state index contributed by atoms with van der Waals surface area (Å²) in [6, 6.07) is 40.0. The summed E-state index contributed by atoms with van der Waals surface area (Å²) in [5.74, 6) is 4.27. The zero-order chi connectivity index (χ0) is 35.4. The maximum atomic E-state index is 6.54. The molecule has 13 rings (SSSR count). The van der Waals surface area contributed by atoms with Crippen LogP contribution in [0.5, 0.6) is 0 Å². The van der Waals surface area contributed by atoms with Crippen LogP contribution in [-0.2, 0) is 5.41 Å². The van der Waals surface area contributed by atoms with Crippen LogP contribution >= 0.6 is 0 Å². The van der Waals surface area contributed by atoms with Crippen LogP contribution in [-0.4, -0.2) is 19.9 Å². The molecule has 0 radical (unpaired) electrons. The van der Waals surface area contributed by atoms with E-state index in [2.05, 4.69) is 65.6 Å². The van der Waals surface area contributed by atoms with Crippen molar-refractivity contribution in [1.29, 1.82) is 0 Å². The first-order valence-electron chi connectivity index (χ1n) is 19.3. The fourth-order valence-electron chi connectivity index (χ4n) is 10.9. The number of pyridine rings is 1. The second-order valence-electron chi connectivity index (χ2n) is 16.1. The molecule has 5 aromatic carbocycles. The largest absolute Gasteiger partial charge is 0.455 e. The van der Waals surface area contributed by atoms with Gasteiger partial charge in [0.2, 0.25) is 0 Å². The predicted molar refractivity (Wildman–Crippen MR) is 214 cm³/mol. The lowest BCUT2D eigenvalue weighted by Gasteiger charge is -2.57. The Morgan fingerprint density at radius 2 is 1.02 bits per heavy atom. The highest BCUT2D eigenvalue weighted by Crippen LogP contribution is 2.61. The summed E-state index contributed by atoms with van der Waals surface area (Å²) in [6.45, 7) is 0. The van der Waals surface area contributed by atoms with Crippen LogP contribution in [0.1, 0.15) is 44.1 Å². The maximum absolute atomic E-state index is 6.54. The number of rotatable bonds is 5. The molecule has 6 nitrogen and oxygen atoms in total. The van der Waals surface area contributed by atoms with Crippen molar-refractivity contribution in [1.82, 2.24) is 19.9 Å². The van der Waals surface area contributed by atoms with Gasteiger partial charge < -0.3 is 8.83 Å². The van der Waals surface area contributed by atoms with E-state index in [0.29, 0.717) is 17.5 Å². The van der Waals surface area contributed by atoms with Crippen LogP contribution < -0.4 is 0 Å². The summed E-state index contributed by atoms with van der Waals surface area (Å²) in [6.07, 6.45) is 12.0. The predicted octanol–water partition coefficient (Wildman–Crippen LogP) is 12.2. The van der Waals surface area contributed by atoms with E-state index >= 15 is 0 Å². The fraction of sp³-hybridized carbons (Fsp3) is 0.208. The first-order chi connectivity index (χ1) is 26.7. The number of fused-ring (bicyclic) bond motifs is 6. The van der Waals surface area contributed by atoms with E-state index < -0.39 is 0 Å². The van der Waals surface area contributed by atoms with Gasteiger partial charge >= 0.3 is 0 Å². The smallest absolute Gasteiger partial charge is 0.167 e. The molecule has 4 bridgehead atoms. The van der Waals surface area contributed by atoms with Gasteiger partial charge in [0.25, 0.3) is 0 Å². The van der Waals surface area contributed by atoms with Crippen molar-refractivity contribution in [2.24, 2.45) is 17.8 Å². The van der Waals surface area contributed by atoms with Crippen LogP contribution in [0.25, 0.3) is 89.2 Å². The van der Waals surface area contributed by atoms with Crippen molar-refractivity contribution in [3.8, 4) is 45.3 Å². The number of hydrogen-bond donors (Lipinski definition) is 0. The molecule has 4 aromatic heterocycles. The molecule has 4 aliphatic carbocycles. The monoisotopic (exact) mass is 700 g/mol. The Morgan fingerprint density at radius 1 is 0.481 bits per heavy atom. The minimum Gasteiger partial charge on any atom is -0.455 e. The van der Waals surface area contributed by atoms with Gasteiger partial charge in [-0.15, -0.1) is 0 Å². The number of aromatic nitrogens is 4. The summed E-state index contributed by atoms with van der Waals surface area (Å²) in [5, 5.41) is 4.19. The molecule has 6 heteroatoms. The Hall–Kier alpha value is -6.14. The Balaban J connectivity index is 1.11. The van der Waals surface area contributed by atoms with Crippen LogP contribution in [0.15, 0.2) is 136 Å². The second kappa shape index (κ2) is 11.4. The van der Waals surface area contributed by atoms with Gasteiger partial charge in [-0.05, 0) is 109 Å². The number of furan rings is 2. The van der Waals surface area contributed by atoms with Gasteiger partial charge in [-0.25, -0.2) is 15.0 Å². The molecule has 4 aliphatic rings. The first-order valence-corrected chi connectivity index (χ1v) is 19.3. The molecule has 9 aromatic rings. The molecule has 260 valence electrons. The maximum Gasteiger partial charge on any atom is 0.167 e. The average Bonchev–Trinajstić information content (AvgIpc) is 3.79. The van der Waals surface area contributed by atoms with Gasteiger partial charge in [-0.2, -0.15) is 0 Å². The molecule has 0 aliphatic heterocycles. The number of benzene rings is 5. The Bertz CT molecular complexity index is 2770. The Labute approximate surface area is 311 Å². The topological polar surface area (TPSA) is 77.8 Å². The minimum absolute atomic E-state index is 0.244. The zero-order valence-electron chi connectivity index (χ0n) is 29.7. The van der Waals surface area contributed by atoms with Crippen molar-refractivity contribution < 1.29 is 8.83 Å². The van der Waals surface area contributed by atoms with Crippen LogP contribution in [0.2, 0.25) is 0 Å². The molecule has 54 heavy (non-hydrogen) atoms. The quantitative estimate of drug-likeness (QED) is 0.178. The van der Waals surface area contributed by atoms with E-state index in [4.69, 9.17) is 23.8 Å². The number of nitrogens with zero attached hydrogens (tertiary/aromatic N) is 4. The van der Waals surface area contributed by atoms with E-state index in [1.54, 1.807) is 0 Å². The van der Waals surface area contributed by atoms with E-state index in [-0.39, 0.29) is 5.41 Å². The molecule has 4 fully saturated rings. The fourth-order valence-corrected chi connectivity index (χ4v) is 10.9. The third-order valence-corrected chi connectivity index (χ3v) is 12.8. The van der Waals surface area contributed by atoms with E-state index in [0.717, 1.165) is 89.4 Å². The highest BCUT2D eigenvalue weighted by molar-refractivity contribution is 6.10. The van der Waals surface area contributed by atoms with Crippen molar-refractivity contribution in [3.05, 3.63) is 133 Å². The number of para-hydroxylation sites is 4. The second-order valence-corrected chi connectivity index (χ2v) is 16.1. The van der Waals surface area contributed by atoms with Gasteiger partial charge in [0, 0.05) is 45.1 Å². The number of hydrogen-bond acceptors (Lipinski definition) is 6. The first kappa shape index (κ1) is 30.3. The summed E-state index contributed by atoms with van der Waals surface area (Å²) < 4.78 is 13.1. The Kier molecular flexibility index (Phi) is 6.42. The van der Waals surface area contributed by atoms with Crippen molar-refractivity contribution in [3.63, 3.8) is 0 Å². The van der Waals surface area contributed by atoms with Crippen LogP contribution in [0, 0.1) is 17.8 Å². The van der Waals surface area contributed by atoms with Crippen molar-refractivity contribution in [2.75, 3.05) is 0 Å². The summed E-state index contributed by atoms with van der Waals surface area (Å²) in [7, 11) is 0. The molecule has 0 unspecified atom stereocenters. The average molecular weight is 701 g/mol. The normalized spacial score (nSPS) is 21.9. The summed E-state index contributed by atoms with van der Waals surface area (Å²) >= 11 is 0. The lowest BCUT2D eigenvalue weighted by molar-refractivity contribution is -0.00516. The van der Waals surface area contributed by atoms with Gasteiger partial charge in [-0.1, -0.05) is 78.9 Å². The molecule has 0 spiro atoms. The highest BCUT2D eigenvalue weighted by Gasteiger charge is 2.51. The molecule has 4 heterocycles. The van der Waals surface area contributed by atoms with Crippen LogP contribution in [0.3, 0.4) is 0 Å². The lowest BCUT2D eigenvalue weighted by atomic mass is 9.48. The highest BCUT2D eigenvalue weighted by atomic mass is 16.3. The Morgan fingerprint density at radius 3 is 1.57 bits per heavy atom. The molecule has 4 saturated carbocycles. The summed E-state index contributed by atoms with van der Waals surface area (Å²) in [5.41, 5.74) is 9.63. The molecule has 0 atom stereocenters. The minimum atomic E-state index is 0.244. The van der Waals surface area contributed by atoms with E-state index in [9.17, 15) is 0 Å². The SMILES string of the molecule is c1cncc(-c2cc(C34CC5CC(CC(C5)C3)C4)ccc2-c2nc(-c3cccc4c3oc3ccccc34)nc(-c3cccc4c3oc3ccccc34)n2)c1. The molecular weight excluding hydrogens is 665 g/mol. The van der Waals surface area contributed by atoms with Gasteiger partial charge in [0.05, 0.1) is 11.1 Å². The molecular formula is C48H36N4O2. The van der Waals surface area contributed by atoms with Gasteiger partial charge in [-0.3, -0.25) is 4.98 Å². The lowest BCUT2D eigenvalue weighted by Crippen LogP contribution is -2.48. The summed E-state index contributed by atoms with van der Waals surface area (Å²) in [4.78, 5) is 20.4. The van der Waals surface area contributed by atoms with E-state index in [1.807, 2.05) is 67.0 Å². The standard InChI is InChI=1S/C48H36N4O2/c1-3-15-41-33(9-1)35-11-5-13-38(43(35)53-41)46-50-45(51-47(52-46)39-14-6-12-36-34-10-2-4-16-42(34)54-44(36)39)37-18-17-32(23-40(37)31-8-7-19-49-27-31)48-24-28-20-29(25-48)22-30(21-28)26-48/h1-19,23,27-30H,20-22,24-26H2. The third-order valence-electron chi connectivity index (χ3n) is 12.8. The molecule has 0 amide bonds. The van der Waals surface area contributed by atoms with E-state index in [1.165, 1.54) is 44.1 Å². The molecule has 0 N–H and O–H groups in total. The van der Waals surface area contributed by atoms with Crippen molar-refractivity contribution >= 4 is 43.9 Å². The van der Waals surface area contributed by atoms with Crippen molar-refractivity contribution in [2.45, 2.75) is 43.9 Å². The zero-order valence-corrected chi connectivity index (χ0v) is 29.7. The third kappa shape index (κ3) is 4.59. The van der Waals surface area contributed by atoms with Gasteiger partial charge in [0.1, 0.15) is 22.3 Å². The van der Waals surface area contributed by atoms with Crippen LogP contribution in [0.4, 0.5) is 0 Å². The van der Waals surface area contributed by atoms with Gasteiger partial charge in [0.15, 0.2) is 17.5 Å². The molecule has 0 saturated heterocycles.